The number of amides is 1. The minimum absolute atomic E-state index is 0.135. The van der Waals surface area contributed by atoms with Crippen LogP contribution in [-0.2, 0) is 19.0 Å². The topological polar surface area (TPSA) is 131 Å². The highest BCUT2D eigenvalue weighted by atomic mass is 32.2. The van der Waals surface area contributed by atoms with Crippen LogP contribution in [0.25, 0.3) is 0 Å². The number of carboxylic acids is 1. The van der Waals surface area contributed by atoms with Gasteiger partial charge in [-0.05, 0) is 25.7 Å². The van der Waals surface area contributed by atoms with Crippen LogP contribution in [0.15, 0.2) is 11.0 Å². The second-order valence-corrected chi connectivity index (χ2v) is 7.97. The molecular weight excluding hydrogens is 359 g/mol. The number of allylic oxidation sites excluding steroid dienone is 1. The molecule has 0 aromatic heterocycles. The lowest BCUT2D eigenvalue weighted by atomic mass is 9.76. The molecule has 0 aliphatic carbocycles. The smallest absolute Gasteiger partial charge is 0.478 e. The first-order chi connectivity index (χ1) is 12.5. The summed E-state index contributed by atoms with van der Waals surface area (Å²) in [6.45, 7) is 1.54. The number of ether oxygens (including phenoxy) is 1. The summed E-state index contributed by atoms with van der Waals surface area (Å²) < 4.78 is 10.8. The molecule has 1 fully saturated rings. The van der Waals surface area contributed by atoms with Gasteiger partial charge in [0.1, 0.15) is 0 Å². The molecule has 1 amide bonds. The molecule has 26 heavy (non-hydrogen) atoms. The molecule has 2 aliphatic heterocycles. The monoisotopic (exact) mass is 386 g/mol. The number of nitrogens with one attached hydrogen (secondary N) is 1. The average Bonchev–Trinajstić information content (AvgIpc) is 2.93. The first-order valence-electron chi connectivity index (χ1n) is 8.96. The van der Waals surface area contributed by atoms with Crippen molar-refractivity contribution in [3.05, 3.63) is 11.0 Å². The van der Waals surface area contributed by atoms with Gasteiger partial charge in [0.2, 0.25) is 5.91 Å². The summed E-state index contributed by atoms with van der Waals surface area (Å²) in [5, 5.41) is 22.0. The molecule has 5 N–H and O–H groups in total. The van der Waals surface area contributed by atoms with Crippen LogP contribution in [0.2, 0.25) is 0 Å². The number of hydrogen-bond donors (Lipinski definition) is 4. The molecule has 1 unspecified atom stereocenters. The maximum absolute atomic E-state index is 12.3. The predicted molar refractivity (Wildman–Crippen MR) is 99.4 cm³/mol. The molecule has 0 radical (unpaired) electrons. The fourth-order valence-electron chi connectivity index (χ4n) is 3.08. The minimum atomic E-state index is -1.18. The fourth-order valence-corrected chi connectivity index (χ4v) is 4.28. The van der Waals surface area contributed by atoms with Crippen LogP contribution in [0.5, 0.6) is 0 Å². The van der Waals surface area contributed by atoms with Gasteiger partial charge in [-0.1, -0.05) is 6.08 Å². The van der Waals surface area contributed by atoms with Gasteiger partial charge in [0.05, 0.1) is 31.7 Å². The maximum atomic E-state index is 12.3. The second-order valence-electron chi connectivity index (χ2n) is 6.54. The van der Waals surface area contributed by atoms with E-state index in [1.165, 1.54) is 0 Å². The maximum Gasteiger partial charge on any atom is 0.478 e. The predicted octanol–water partition coefficient (Wildman–Crippen LogP) is 0.290. The molecule has 0 bridgehead atoms. The van der Waals surface area contributed by atoms with Crippen molar-refractivity contribution in [2.75, 3.05) is 19.8 Å². The van der Waals surface area contributed by atoms with E-state index in [1.807, 2.05) is 0 Å². The Hall–Kier alpha value is -1.07. The van der Waals surface area contributed by atoms with E-state index in [0.717, 1.165) is 11.3 Å². The summed E-state index contributed by atoms with van der Waals surface area (Å²) in [4.78, 5) is 24.2. The highest BCUT2D eigenvalue weighted by Gasteiger charge is 2.35. The summed E-state index contributed by atoms with van der Waals surface area (Å²) >= 11 is 1.64. The Morgan fingerprint density at radius 2 is 2.23 bits per heavy atom. The first-order valence-corrected chi connectivity index (χ1v) is 9.84. The Labute approximate surface area is 158 Å². The zero-order valence-corrected chi connectivity index (χ0v) is 15.6. The van der Waals surface area contributed by atoms with Crippen LogP contribution >= 0.6 is 11.8 Å². The van der Waals surface area contributed by atoms with Gasteiger partial charge in [0.25, 0.3) is 0 Å². The quantitative estimate of drug-likeness (QED) is 0.329. The molecular formula is C16H27BN2O6S. The van der Waals surface area contributed by atoms with E-state index in [9.17, 15) is 14.6 Å². The third-order valence-corrected chi connectivity index (χ3v) is 5.59. The summed E-state index contributed by atoms with van der Waals surface area (Å²) in [5.74, 6) is -1.60. The number of hydrogen-bond acceptors (Lipinski definition) is 7. The number of thioether (sulfide) groups is 1. The third-order valence-electron chi connectivity index (χ3n) is 4.31. The normalized spacial score (nSPS) is 26.3. The third kappa shape index (κ3) is 7.28. The summed E-state index contributed by atoms with van der Waals surface area (Å²) in [6.07, 6.45) is 4.41. The van der Waals surface area contributed by atoms with Crippen LogP contribution in [0.4, 0.5) is 0 Å². The number of rotatable bonds is 9. The lowest BCUT2D eigenvalue weighted by Crippen LogP contribution is -2.48. The van der Waals surface area contributed by atoms with Crippen molar-refractivity contribution < 1.29 is 29.1 Å². The summed E-state index contributed by atoms with van der Waals surface area (Å²) in [7, 11) is -1.18. The van der Waals surface area contributed by atoms with E-state index < -0.39 is 25.1 Å². The number of carboxylic acid groups (broad SMARTS) is 1. The van der Waals surface area contributed by atoms with Gasteiger partial charge in [-0.3, -0.25) is 9.59 Å². The molecule has 0 aromatic carbocycles. The zero-order valence-electron chi connectivity index (χ0n) is 14.8. The molecule has 2 heterocycles. The zero-order chi connectivity index (χ0) is 18.9. The van der Waals surface area contributed by atoms with Crippen LogP contribution in [0.3, 0.4) is 0 Å². The molecule has 1 saturated heterocycles. The van der Waals surface area contributed by atoms with Gasteiger partial charge < -0.3 is 30.6 Å². The summed E-state index contributed by atoms with van der Waals surface area (Å²) in [6, 6.07) is 0. The van der Waals surface area contributed by atoms with Crippen molar-refractivity contribution in [3.8, 4) is 0 Å². The van der Waals surface area contributed by atoms with Crippen molar-refractivity contribution in [3.63, 3.8) is 0 Å². The van der Waals surface area contributed by atoms with Gasteiger partial charge in [0.15, 0.2) is 0 Å². The number of nitrogens with two attached hydrogens (primary N) is 1. The lowest BCUT2D eigenvalue weighted by molar-refractivity contribution is -0.139. The fraction of sp³-hybridized carbons (Fsp3) is 0.750. The molecule has 2 aliphatic rings. The highest BCUT2D eigenvalue weighted by molar-refractivity contribution is 8.04. The lowest BCUT2D eigenvalue weighted by Gasteiger charge is -2.21. The second kappa shape index (κ2) is 10.9. The summed E-state index contributed by atoms with van der Waals surface area (Å²) in [5.41, 5.74) is 5.39. The SMILES string of the molecule is NCCOCC1=CCC(CC(=O)N[C@H]2CCC[C@@H](CC(=O)O)OB2O)S1. The van der Waals surface area contributed by atoms with Gasteiger partial charge >= 0.3 is 13.1 Å². The van der Waals surface area contributed by atoms with E-state index in [0.29, 0.717) is 45.4 Å². The number of aliphatic carboxylic acids is 1. The van der Waals surface area contributed by atoms with Gasteiger partial charge in [-0.25, -0.2) is 0 Å². The Balaban J connectivity index is 1.71. The molecule has 3 atom stereocenters. The number of carbonyl (C=O) groups excluding carboxylic acids is 1. The molecule has 0 saturated carbocycles. The van der Waals surface area contributed by atoms with Gasteiger partial charge in [-0.15, -0.1) is 11.8 Å². The van der Waals surface area contributed by atoms with Crippen LogP contribution < -0.4 is 11.1 Å². The molecule has 0 aromatic rings. The van der Waals surface area contributed by atoms with Crippen molar-refractivity contribution in [1.29, 1.82) is 0 Å². The van der Waals surface area contributed by atoms with Crippen LogP contribution in [0, 0.1) is 0 Å². The van der Waals surface area contributed by atoms with Crippen molar-refractivity contribution in [2.45, 2.75) is 55.8 Å². The first kappa shape index (κ1) is 21.2. The van der Waals surface area contributed by atoms with Gasteiger partial charge in [-0.2, -0.15) is 0 Å². The van der Waals surface area contributed by atoms with Gasteiger partial charge in [0, 0.05) is 23.1 Å². The van der Waals surface area contributed by atoms with Crippen molar-refractivity contribution in [2.24, 2.45) is 5.73 Å². The van der Waals surface area contributed by atoms with E-state index in [1.54, 1.807) is 11.8 Å². The molecule has 8 nitrogen and oxygen atoms in total. The Morgan fingerprint density at radius 1 is 1.42 bits per heavy atom. The largest absolute Gasteiger partial charge is 0.481 e. The van der Waals surface area contributed by atoms with Crippen LogP contribution in [0.1, 0.15) is 38.5 Å². The Kier molecular flexibility index (Phi) is 8.93. The van der Waals surface area contributed by atoms with Crippen molar-refractivity contribution >= 4 is 30.8 Å². The Morgan fingerprint density at radius 3 is 2.96 bits per heavy atom. The molecule has 2 rings (SSSR count). The van der Waals surface area contributed by atoms with Crippen molar-refractivity contribution in [1.82, 2.24) is 5.32 Å². The molecule has 146 valence electrons. The average molecular weight is 386 g/mol. The van der Waals surface area contributed by atoms with Crippen LogP contribution in [-0.4, -0.2) is 66.2 Å². The van der Waals surface area contributed by atoms with E-state index in [4.69, 9.17) is 20.2 Å². The minimum Gasteiger partial charge on any atom is -0.481 e. The highest BCUT2D eigenvalue weighted by Crippen LogP contribution is 2.34. The standard InChI is InChI=1S/C16H27BN2O6S/c18-6-7-24-10-13-5-4-12(26-13)9-15(20)19-14-3-1-2-11(8-16(21)22)25-17(14)23/h5,11-12,14,23H,1-4,6-10,18H2,(H,19,20)(H,21,22)/t11-,12?,14-/m0/s1. The van der Waals surface area contributed by atoms with E-state index >= 15 is 0 Å². The van der Waals surface area contributed by atoms with E-state index in [-0.39, 0.29) is 17.6 Å². The van der Waals surface area contributed by atoms with E-state index in [2.05, 4.69) is 11.4 Å². The molecule has 0 spiro atoms. The molecule has 10 heteroatoms. The Bertz CT molecular complexity index is 521. The number of carbonyl (C=O) groups is 2.